The van der Waals surface area contributed by atoms with Gasteiger partial charge >= 0.3 is 6.18 Å². The van der Waals surface area contributed by atoms with Gasteiger partial charge in [-0.2, -0.15) is 18.2 Å². The number of amides is 1. The normalized spacial score (nSPS) is 11.8. The maximum absolute atomic E-state index is 13.6. The van der Waals surface area contributed by atoms with Gasteiger partial charge in [0.25, 0.3) is 5.91 Å². The molecular formula is C20H23F3N7O3P. The molecule has 0 unspecified atom stereocenters. The number of anilines is 4. The minimum atomic E-state index is -4.77. The maximum Gasteiger partial charge on any atom is 0.421 e. The molecule has 2 aromatic heterocycles. The average Bonchev–Trinajstić information content (AvgIpc) is 3.11. The number of imidazole rings is 1. The van der Waals surface area contributed by atoms with Gasteiger partial charge in [-0.15, -0.1) is 0 Å². The monoisotopic (exact) mass is 497 g/mol. The summed E-state index contributed by atoms with van der Waals surface area (Å²) < 4.78 is 59.9. The number of alkyl halides is 3. The Morgan fingerprint density at radius 3 is 2.44 bits per heavy atom. The molecule has 10 nitrogen and oxygen atoms in total. The van der Waals surface area contributed by atoms with Crippen LogP contribution in [0.3, 0.4) is 0 Å². The summed E-state index contributed by atoms with van der Waals surface area (Å²) in [6.07, 6.45) is -2.87. The highest BCUT2D eigenvalue weighted by Gasteiger charge is 2.36. The molecule has 0 fully saturated rings. The van der Waals surface area contributed by atoms with E-state index >= 15 is 0 Å². The van der Waals surface area contributed by atoms with Gasteiger partial charge < -0.3 is 29.8 Å². The van der Waals surface area contributed by atoms with Crippen molar-refractivity contribution in [1.82, 2.24) is 24.8 Å². The summed E-state index contributed by atoms with van der Waals surface area (Å²) in [7, 11) is 1.76. The number of methoxy groups -OCH3 is 1. The SMILES string of the molecule is CNC(=O)c1c(Nc2nc(Nc3ccc(P(C)(C)=O)cc3OC)ncc2C(F)(F)F)ncn1C. The first-order chi connectivity index (χ1) is 15.8. The Balaban J connectivity index is 2.03. The van der Waals surface area contributed by atoms with Crippen molar-refractivity contribution < 1.29 is 27.3 Å². The van der Waals surface area contributed by atoms with E-state index in [4.69, 9.17) is 4.74 Å². The van der Waals surface area contributed by atoms with Gasteiger partial charge in [-0.25, -0.2) is 9.97 Å². The molecule has 34 heavy (non-hydrogen) atoms. The smallest absolute Gasteiger partial charge is 0.421 e. The number of rotatable bonds is 7. The number of nitrogens with zero attached hydrogens (tertiary/aromatic N) is 4. The van der Waals surface area contributed by atoms with Crippen molar-refractivity contribution in [1.29, 1.82) is 0 Å². The second-order valence-corrected chi connectivity index (χ2v) is 10.8. The number of aromatic nitrogens is 4. The average molecular weight is 497 g/mol. The molecule has 3 rings (SSSR count). The zero-order valence-corrected chi connectivity index (χ0v) is 19.9. The lowest BCUT2D eigenvalue weighted by molar-refractivity contribution is -0.137. The number of hydrogen-bond acceptors (Lipinski definition) is 8. The third kappa shape index (κ3) is 5.30. The van der Waals surface area contributed by atoms with E-state index in [1.54, 1.807) is 31.5 Å². The molecule has 3 aromatic rings. The van der Waals surface area contributed by atoms with E-state index in [1.807, 2.05) is 0 Å². The molecule has 0 spiro atoms. The topological polar surface area (TPSA) is 123 Å². The Kier molecular flexibility index (Phi) is 6.87. The number of carbonyl (C=O) groups is 1. The second kappa shape index (κ2) is 9.34. The van der Waals surface area contributed by atoms with Crippen LogP contribution in [0.2, 0.25) is 0 Å². The van der Waals surface area contributed by atoms with Crippen molar-refractivity contribution in [3.05, 3.63) is 42.0 Å². The molecule has 0 atom stereocenters. The molecule has 2 heterocycles. The second-order valence-electron chi connectivity index (χ2n) is 7.57. The summed E-state index contributed by atoms with van der Waals surface area (Å²) in [6, 6.07) is 4.78. The number of aryl methyl sites for hydroxylation is 1. The van der Waals surface area contributed by atoms with Crippen LogP contribution >= 0.6 is 7.14 Å². The summed E-state index contributed by atoms with van der Waals surface area (Å²) in [5, 5.41) is 8.29. The minimum absolute atomic E-state index is 0.0181. The zero-order valence-electron chi connectivity index (χ0n) is 19.0. The Hall–Kier alpha value is -3.60. The fourth-order valence-corrected chi connectivity index (χ4v) is 3.87. The number of carbonyl (C=O) groups excluding carboxylic acids is 1. The Bertz CT molecular complexity index is 1270. The third-order valence-corrected chi connectivity index (χ3v) is 6.29. The highest BCUT2D eigenvalue weighted by Crippen LogP contribution is 2.39. The van der Waals surface area contributed by atoms with Gasteiger partial charge in [0.15, 0.2) is 11.5 Å². The van der Waals surface area contributed by atoms with Gasteiger partial charge in [0.1, 0.15) is 24.3 Å². The van der Waals surface area contributed by atoms with E-state index in [0.717, 1.165) is 0 Å². The predicted octanol–water partition coefficient (Wildman–Crippen LogP) is 3.33. The summed E-state index contributed by atoms with van der Waals surface area (Å²) >= 11 is 0. The number of benzene rings is 1. The highest BCUT2D eigenvalue weighted by atomic mass is 31.2. The molecule has 182 valence electrons. The lowest BCUT2D eigenvalue weighted by Gasteiger charge is -2.16. The molecule has 3 N–H and O–H groups in total. The molecule has 0 saturated heterocycles. The first kappa shape index (κ1) is 25.0. The molecule has 1 amide bonds. The summed E-state index contributed by atoms with van der Waals surface area (Å²) in [5.74, 6) is -1.12. The van der Waals surface area contributed by atoms with Crippen LogP contribution in [0.15, 0.2) is 30.7 Å². The summed E-state index contributed by atoms with van der Waals surface area (Å²) in [4.78, 5) is 23.9. The summed E-state index contributed by atoms with van der Waals surface area (Å²) in [6.45, 7) is 3.22. The van der Waals surface area contributed by atoms with Crippen LogP contribution in [0, 0.1) is 0 Å². The van der Waals surface area contributed by atoms with E-state index < -0.39 is 30.6 Å². The molecule has 0 aliphatic carbocycles. The van der Waals surface area contributed by atoms with E-state index in [9.17, 15) is 22.5 Å². The Morgan fingerprint density at radius 1 is 1.15 bits per heavy atom. The van der Waals surface area contributed by atoms with Crippen molar-refractivity contribution in [2.75, 3.05) is 38.1 Å². The van der Waals surface area contributed by atoms with Gasteiger partial charge in [0, 0.05) is 25.6 Å². The third-order valence-electron chi connectivity index (χ3n) is 4.76. The van der Waals surface area contributed by atoms with Gasteiger partial charge in [-0.05, 0) is 31.5 Å². The standard InChI is InChI=1S/C20H23F3N7O3P/c1-24-18(31)15-17(26-10-30(15)2)28-16-12(20(21,22)23)9-25-19(29-16)27-13-7-6-11(34(4,5)32)8-14(13)33-3/h6-10H,1-5H3,(H,24,31)(H2,25,27,28,29). The van der Waals surface area contributed by atoms with Gasteiger partial charge in [0.05, 0.1) is 19.1 Å². The van der Waals surface area contributed by atoms with E-state index in [0.29, 0.717) is 22.9 Å². The van der Waals surface area contributed by atoms with Crippen LogP contribution in [0.5, 0.6) is 5.75 Å². The lowest BCUT2D eigenvalue weighted by Crippen LogP contribution is -2.22. The number of hydrogen-bond donors (Lipinski definition) is 3. The molecule has 0 saturated carbocycles. The largest absolute Gasteiger partial charge is 0.495 e. The molecule has 0 aliphatic heterocycles. The van der Waals surface area contributed by atoms with E-state index in [1.165, 1.54) is 32.1 Å². The van der Waals surface area contributed by atoms with Crippen molar-refractivity contribution in [3.63, 3.8) is 0 Å². The van der Waals surface area contributed by atoms with Gasteiger partial charge in [-0.1, -0.05) is 0 Å². The number of halogens is 3. The first-order valence-electron chi connectivity index (χ1n) is 9.80. The molecule has 0 radical (unpaired) electrons. The fraction of sp³-hybridized carbons (Fsp3) is 0.300. The Labute approximate surface area is 193 Å². The van der Waals surface area contributed by atoms with Crippen molar-refractivity contribution >= 4 is 41.6 Å². The molecule has 1 aromatic carbocycles. The van der Waals surface area contributed by atoms with Crippen LogP contribution in [0.4, 0.5) is 36.4 Å². The van der Waals surface area contributed by atoms with Crippen LogP contribution in [0.1, 0.15) is 16.1 Å². The molecule has 0 bridgehead atoms. The fourth-order valence-electron chi connectivity index (χ4n) is 3.00. The number of ether oxygens (including phenoxy) is 1. The first-order valence-corrected chi connectivity index (χ1v) is 12.4. The highest BCUT2D eigenvalue weighted by molar-refractivity contribution is 7.70. The van der Waals surface area contributed by atoms with Crippen LogP contribution in [0.25, 0.3) is 0 Å². The lowest BCUT2D eigenvalue weighted by atomic mass is 10.2. The van der Waals surface area contributed by atoms with Crippen molar-refractivity contribution in [3.8, 4) is 5.75 Å². The van der Waals surface area contributed by atoms with Crippen LogP contribution in [-0.4, -0.2) is 52.9 Å². The van der Waals surface area contributed by atoms with Crippen LogP contribution in [-0.2, 0) is 17.8 Å². The molecule has 0 aliphatic rings. The Morgan fingerprint density at radius 2 is 1.85 bits per heavy atom. The van der Waals surface area contributed by atoms with Gasteiger partial charge in [0.2, 0.25) is 5.95 Å². The van der Waals surface area contributed by atoms with Crippen LogP contribution < -0.4 is 26.0 Å². The van der Waals surface area contributed by atoms with E-state index in [2.05, 4.69) is 30.9 Å². The van der Waals surface area contributed by atoms with E-state index in [-0.39, 0.29) is 17.5 Å². The van der Waals surface area contributed by atoms with Crippen molar-refractivity contribution in [2.24, 2.45) is 7.05 Å². The van der Waals surface area contributed by atoms with Gasteiger partial charge in [-0.3, -0.25) is 4.79 Å². The predicted molar refractivity (Wildman–Crippen MR) is 122 cm³/mol. The number of nitrogens with one attached hydrogen (secondary N) is 3. The quantitative estimate of drug-likeness (QED) is 0.425. The minimum Gasteiger partial charge on any atom is -0.495 e. The maximum atomic E-state index is 13.6. The molecule has 14 heteroatoms. The zero-order chi connectivity index (χ0) is 25.3. The summed E-state index contributed by atoms with van der Waals surface area (Å²) in [5.41, 5.74) is -0.773. The molecular weight excluding hydrogens is 474 g/mol. The van der Waals surface area contributed by atoms with Crippen molar-refractivity contribution in [2.45, 2.75) is 6.18 Å².